The Hall–Kier alpha value is -0.860. The Bertz CT molecular complexity index is 343. The molecule has 1 aromatic rings. The molecule has 1 atom stereocenters. The van der Waals surface area contributed by atoms with Crippen LogP contribution in [0.3, 0.4) is 0 Å². The summed E-state index contributed by atoms with van der Waals surface area (Å²) in [6.45, 7) is 7.31. The molecule has 0 saturated carbocycles. The summed E-state index contributed by atoms with van der Waals surface area (Å²) < 4.78 is 0. The molecule has 0 heterocycles. The van der Waals surface area contributed by atoms with Crippen molar-refractivity contribution in [2.45, 2.75) is 26.8 Å². The Morgan fingerprint density at radius 1 is 1.07 bits per heavy atom. The zero-order valence-electron chi connectivity index (χ0n) is 10.5. The van der Waals surface area contributed by atoms with E-state index in [2.05, 4.69) is 51.9 Å². The molecule has 1 aromatic carbocycles. The number of nitrogens with zero attached hydrogens (tertiary/aromatic N) is 1. The van der Waals surface area contributed by atoms with Gasteiger partial charge in [0.1, 0.15) is 0 Å². The molecule has 0 aliphatic rings. The number of likely N-dealkylation sites (N-methyl/N-ethyl adjacent to an activating group) is 1. The molecule has 0 amide bonds. The summed E-state index contributed by atoms with van der Waals surface area (Å²) in [4.78, 5) is 2.12. The van der Waals surface area contributed by atoms with E-state index < -0.39 is 0 Å². The highest BCUT2D eigenvalue weighted by molar-refractivity contribution is 5.38. The second kappa shape index (κ2) is 4.77. The van der Waals surface area contributed by atoms with Crippen LogP contribution in [-0.2, 0) is 0 Å². The van der Waals surface area contributed by atoms with Crippen molar-refractivity contribution in [1.82, 2.24) is 4.90 Å². The molecule has 0 radical (unpaired) electrons. The van der Waals surface area contributed by atoms with Gasteiger partial charge in [0.05, 0.1) is 0 Å². The van der Waals surface area contributed by atoms with Crippen molar-refractivity contribution in [2.24, 2.45) is 5.73 Å². The Balaban J connectivity index is 2.98. The summed E-state index contributed by atoms with van der Waals surface area (Å²) in [7, 11) is 4.10. The van der Waals surface area contributed by atoms with Crippen molar-refractivity contribution in [3.63, 3.8) is 0 Å². The Kier molecular flexibility index (Phi) is 3.89. The Morgan fingerprint density at radius 3 is 2.13 bits per heavy atom. The minimum absolute atomic E-state index is 0.110. The first kappa shape index (κ1) is 12.2. The largest absolute Gasteiger partial charge is 0.323 e. The van der Waals surface area contributed by atoms with Gasteiger partial charge < -0.3 is 10.6 Å². The van der Waals surface area contributed by atoms with Crippen LogP contribution in [-0.4, -0.2) is 25.5 Å². The highest BCUT2D eigenvalue weighted by Gasteiger charge is 2.11. The fourth-order valence-electron chi connectivity index (χ4n) is 1.87. The topological polar surface area (TPSA) is 29.3 Å². The molecule has 1 unspecified atom stereocenters. The lowest BCUT2D eigenvalue weighted by Crippen LogP contribution is -2.26. The van der Waals surface area contributed by atoms with Gasteiger partial charge in [0.25, 0.3) is 0 Å². The summed E-state index contributed by atoms with van der Waals surface area (Å²) in [5.74, 6) is 0. The second-order valence-electron chi connectivity index (χ2n) is 4.66. The summed E-state index contributed by atoms with van der Waals surface area (Å²) in [6, 6.07) is 4.55. The number of hydrogen-bond donors (Lipinski definition) is 1. The van der Waals surface area contributed by atoms with Gasteiger partial charge in [-0.15, -0.1) is 0 Å². The fraction of sp³-hybridized carbons (Fsp3) is 0.538. The van der Waals surface area contributed by atoms with Crippen LogP contribution in [0.25, 0.3) is 0 Å². The molecule has 1 rings (SSSR count). The first-order chi connectivity index (χ1) is 6.91. The van der Waals surface area contributed by atoms with Crippen molar-refractivity contribution < 1.29 is 0 Å². The molecular formula is C13H22N2. The van der Waals surface area contributed by atoms with E-state index in [0.717, 1.165) is 6.54 Å². The maximum absolute atomic E-state index is 6.17. The van der Waals surface area contributed by atoms with Gasteiger partial charge in [-0.3, -0.25) is 0 Å². The van der Waals surface area contributed by atoms with Crippen LogP contribution in [0, 0.1) is 20.8 Å². The second-order valence-corrected chi connectivity index (χ2v) is 4.66. The third-order valence-corrected chi connectivity index (χ3v) is 2.84. The van der Waals surface area contributed by atoms with E-state index in [-0.39, 0.29) is 6.04 Å². The third-order valence-electron chi connectivity index (χ3n) is 2.84. The monoisotopic (exact) mass is 206 g/mol. The average molecular weight is 206 g/mol. The molecule has 2 heteroatoms. The van der Waals surface area contributed by atoms with Gasteiger partial charge in [0.15, 0.2) is 0 Å². The lowest BCUT2D eigenvalue weighted by Gasteiger charge is -2.20. The maximum Gasteiger partial charge on any atom is 0.0426 e. The number of aryl methyl sites for hydroxylation is 3. The van der Waals surface area contributed by atoms with Gasteiger partial charge in [-0.05, 0) is 57.1 Å². The molecule has 2 nitrogen and oxygen atoms in total. The molecular weight excluding hydrogens is 184 g/mol. The van der Waals surface area contributed by atoms with Gasteiger partial charge >= 0.3 is 0 Å². The minimum Gasteiger partial charge on any atom is -0.323 e. The van der Waals surface area contributed by atoms with E-state index in [4.69, 9.17) is 5.73 Å². The van der Waals surface area contributed by atoms with E-state index in [0.29, 0.717) is 0 Å². The van der Waals surface area contributed by atoms with Gasteiger partial charge in [-0.1, -0.05) is 12.1 Å². The Morgan fingerprint density at radius 2 is 1.60 bits per heavy atom. The average Bonchev–Trinajstić information content (AvgIpc) is 2.09. The van der Waals surface area contributed by atoms with Gasteiger partial charge in [0, 0.05) is 12.6 Å². The zero-order valence-corrected chi connectivity index (χ0v) is 10.5. The van der Waals surface area contributed by atoms with Crippen LogP contribution in [0.5, 0.6) is 0 Å². The maximum atomic E-state index is 6.17. The molecule has 15 heavy (non-hydrogen) atoms. The predicted molar refractivity (Wildman–Crippen MR) is 66.1 cm³/mol. The molecule has 0 saturated heterocycles. The highest BCUT2D eigenvalue weighted by Crippen LogP contribution is 2.20. The molecule has 2 N–H and O–H groups in total. The van der Waals surface area contributed by atoms with Crippen LogP contribution in [0.15, 0.2) is 12.1 Å². The number of benzene rings is 1. The number of hydrogen-bond acceptors (Lipinski definition) is 2. The molecule has 84 valence electrons. The lowest BCUT2D eigenvalue weighted by atomic mass is 9.96. The van der Waals surface area contributed by atoms with E-state index in [1.165, 1.54) is 22.3 Å². The van der Waals surface area contributed by atoms with Gasteiger partial charge in [-0.2, -0.15) is 0 Å². The van der Waals surface area contributed by atoms with Crippen molar-refractivity contribution in [3.05, 3.63) is 34.4 Å². The number of nitrogens with two attached hydrogens (primary N) is 1. The first-order valence-electron chi connectivity index (χ1n) is 5.40. The zero-order chi connectivity index (χ0) is 11.6. The van der Waals surface area contributed by atoms with Crippen molar-refractivity contribution in [3.8, 4) is 0 Å². The molecule has 0 aromatic heterocycles. The highest BCUT2D eigenvalue weighted by atomic mass is 15.1. The summed E-state index contributed by atoms with van der Waals surface area (Å²) in [5.41, 5.74) is 11.4. The number of rotatable bonds is 3. The van der Waals surface area contributed by atoms with Crippen LogP contribution in [0.1, 0.15) is 28.3 Å². The third kappa shape index (κ3) is 3.05. The van der Waals surface area contributed by atoms with Crippen molar-refractivity contribution >= 4 is 0 Å². The standard InChI is InChI=1S/C13H22N2/c1-9-6-11(3)12(7-10(9)2)13(14)8-15(4)5/h6-7,13H,8,14H2,1-5H3. The van der Waals surface area contributed by atoms with Crippen molar-refractivity contribution in [2.75, 3.05) is 20.6 Å². The van der Waals surface area contributed by atoms with Gasteiger partial charge in [0.2, 0.25) is 0 Å². The van der Waals surface area contributed by atoms with E-state index in [9.17, 15) is 0 Å². The van der Waals surface area contributed by atoms with Gasteiger partial charge in [-0.25, -0.2) is 0 Å². The molecule has 0 fully saturated rings. The summed E-state index contributed by atoms with van der Waals surface area (Å²) >= 11 is 0. The normalized spacial score (nSPS) is 13.3. The first-order valence-corrected chi connectivity index (χ1v) is 5.40. The molecule has 0 aliphatic carbocycles. The fourth-order valence-corrected chi connectivity index (χ4v) is 1.87. The molecule has 0 bridgehead atoms. The lowest BCUT2D eigenvalue weighted by molar-refractivity contribution is 0.376. The van der Waals surface area contributed by atoms with Crippen LogP contribution in [0.4, 0.5) is 0 Å². The summed E-state index contributed by atoms with van der Waals surface area (Å²) in [6.07, 6.45) is 0. The predicted octanol–water partition coefficient (Wildman–Crippen LogP) is 2.17. The van der Waals surface area contributed by atoms with Crippen LogP contribution in [0.2, 0.25) is 0 Å². The molecule has 0 aliphatic heterocycles. The van der Waals surface area contributed by atoms with E-state index in [1.807, 2.05) is 0 Å². The smallest absolute Gasteiger partial charge is 0.0426 e. The van der Waals surface area contributed by atoms with Crippen LogP contribution >= 0.6 is 0 Å². The summed E-state index contributed by atoms with van der Waals surface area (Å²) in [5, 5.41) is 0. The SMILES string of the molecule is Cc1cc(C)c(C(N)CN(C)C)cc1C. The Labute approximate surface area is 93.1 Å². The van der Waals surface area contributed by atoms with E-state index in [1.54, 1.807) is 0 Å². The quantitative estimate of drug-likeness (QED) is 0.821. The van der Waals surface area contributed by atoms with Crippen LogP contribution < -0.4 is 5.73 Å². The molecule has 0 spiro atoms. The van der Waals surface area contributed by atoms with Crippen molar-refractivity contribution in [1.29, 1.82) is 0 Å². The van der Waals surface area contributed by atoms with E-state index >= 15 is 0 Å². The minimum atomic E-state index is 0.110.